The first-order chi connectivity index (χ1) is 6.75. The smallest absolute Gasteiger partial charge is 0.226 e. The minimum absolute atomic E-state index is 0.00287. The van der Waals surface area contributed by atoms with Gasteiger partial charge in [0.15, 0.2) is 0 Å². The Hall–Kier alpha value is -0.570. The second-order valence-corrected chi connectivity index (χ2v) is 3.52. The molecule has 1 unspecified atom stereocenters. The zero-order valence-corrected chi connectivity index (χ0v) is 9.75. The van der Waals surface area contributed by atoms with Crippen LogP contribution in [0.5, 0.6) is 0 Å². The number of rotatable bonds is 2. The predicted molar refractivity (Wildman–Crippen MR) is 60.0 cm³/mol. The van der Waals surface area contributed by atoms with E-state index in [4.69, 9.17) is 5.73 Å². The zero-order chi connectivity index (χ0) is 11.0. The quantitative estimate of drug-likeness (QED) is 0.736. The van der Waals surface area contributed by atoms with Gasteiger partial charge in [0.25, 0.3) is 0 Å². The van der Waals surface area contributed by atoms with Crippen LogP contribution in [0.2, 0.25) is 0 Å². The molecule has 1 aliphatic heterocycles. The molecule has 3 nitrogen and oxygen atoms in total. The van der Waals surface area contributed by atoms with Crippen LogP contribution in [0.25, 0.3) is 0 Å². The van der Waals surface area contributed by atoms with Gasteiger partial charge in [-0.2, -0.15) is 0 Å². The number of hydrogen-bond acceptors (Lipinski definition) is 2. The summed E-state index contributed by atoms with van der Waals surface area (Å²) in [4.78, 5) is 13.5. The molecule has 2 N–H and O–H groups in total. The van der Waals surface area contributed by atoms with E-state index < -0.39 is 0 Å². The van der Waals surface area contributed by atoms with E-state index in [1.54, 1.807) is 0 Å². The molecule has 0 aromatic carbocycles. The Kier molecular flexibility index (Phi) is 7.48. The molecule has 3 heteroatoms. The molecule has 0 spiro atoms. The molecule has 1 amide bonds. The van der Waals surface area contributed by atoms with Crippen LogP contribution < -0.4 is 5.73 Å². The van der Waals surface area contributed by atoms with E-state index >= 15 is 0 Å². The molecule has 1 rings (SSSR count). The first kappa shape index (κ1) is 13.4. The van der Waals surface area contributed by atoms with Gasteiger partial charge in [0.2, 0.25) is 5.91 Å². The fourth-order valence-corrected chi connectivity index (χ4v) is 1.53. The van der Waals surface area contributed by atoms with Crippen LogP contribution in [-0.2, 0) is 4.79 Å². The average Bonchev–Trinajstić information content (AvgIpc) is 2.31. The van der Waals surface area contributed by atoms with Gasteiger partial charge < -0.3 is 10.6 Å². The number of nitrogens with zero attached hydrogens (tertiary/aromatic N) is 1. The van der Waals surface area contributed by atoms with Crippen molar-refractivity contribution in [2.24, 2.45) is 11.7 Å². The minimum Gasteiger partial charge on any atom is -0.342 e. The Bertz CT molecular complexity index is 153. The molecule has 1 heterocycles. The fraction of sp³-hybridized carbons (Fsp3) is 0.909. The summed E-state index contributed by atoms with van der Waals surface area (Å²) in [6.07, 6.45) is 3.58. The van der Waals surface area contributed by atoms with Gasteiger partial charge in [-0.05, 0) is 19.3 Å². The van der Waals surface area contributed by atoms with Crippen molar-refractivity contribution < 1.29 is 4.79 Å². The van der Waals surface area contributed by atoms with Crippen LogP contribution in [0.4, 0.5) is 0 Å². The lowest BCUT2D eigenvalue weighted by molar-refractivity contribution is -0.135. The van der Waals surface area contributed by atoms with E-state index in [0.29, 0.717) is 6.54 Å². The molecule has 1 saturated heterocycles. The highest BCUT2D eigenvalue weighted by Gasteiger charge is 2.20. The molecule has 14 heavy (non-hydrogen) atoms. The standard InChI is InChI=1S/C9H18N2O.C2H6/c1-8(7-10)9(12)11-5-3-2-4-6-11;1-2/h8H,2-7,10H2,1H3;1-2H3. The minimum atomic E-state index is 0.00287. The molecular formula is C11H24N2O. The number of carbonyl (C=O) groups is 1. The van der Waals surface area contributed by atoms with Gasteiger partial charge in [-0.1, -0.05) is 20.8 Å². The van der Waals surface area contributed by atoms with Gasteiger partial charge in [0.05, 0.1) is 0 Å². The Balaban J connectivity index is 0.000000791. The third kappa shape index (κ3) is 4.09. The predicted octanol–water partition coefficient (Wildman–Crippen LogP) is 1.62. The Morgan fingerprint density at radius 3 is 2.21 bits per heavy atom. The van der Waals surface area contributed by atoms with Crippen molar-refractivity contribution in [1.82, 2.24) is 4.90 Å². The SMILES string of the molecule is CC.CC(CN)C(=O)N1CCCCC1. The molecule has 1 fully saturated rings. The van der Waals surface area contributed by atoms with E-state index in [-0.39, 0.29) is 11.8 Å². The lowest BCUT2D eigenvalue weighted by Crippen LogP contribution is -2.40. The van der Waals surface area contributed by atoms with Crippen molar-refractivity contribution in [3.63, 3.8) is 0 Å². The van der Waals surface area contributed by atoms with E-state index in [9.17, 15) is 4.79 Å². The van der Waals surface area contributed by atoms with Crippen LogP contribution in [0.15, 0.2) is 0 Å². The van der Waals surface area contributed by atoms with Crippen molar-refractivity contribution >= 4 is 5.91 Å². The van der Waals surface area contributed by atoms with E-state index in [1.807, 2.05) is 25.7 Å². The van der Waals surface area contributed by atoms with Gasteiger partial charge in [0.1, 0.15) is 0 Å². The molecular weight excluding hydrogens is 176 g/mol. The van der Waals surface area contributed by atoms with Crippen molar-refractivity contribution in [3.05, 3.63) is 0 Å². The highest BCUT2D eigenvalue weighted by Crippen LogP contribution is 2.11. The molecule has 84 valence electrons. The van der Waals surface area contributed by atoms with Gasteiger partial charge in [-0.15, -0.1) is 0 Å². The van der Waals surface area contributed by atoms with Gasteiger partial charge >= 0.3 is 0 Å². The molecule has 0 radical (unpaired) electrons. The van der Waals surface area contributed by atoms with Gasteiger partial charge in [-0.3, -0.25) is 4.79 Å². The van der Waals surface area contributed by atoms with Crippen LogP contribution in [0, 0.1) is 5.92 Å². The third-order valence-corrected chi connectivity index (χ3v) is 2.44. The van der Waals surface area contributed by atoms with Gasteiger partial charge in [0, 0.05) is 25.6 Å². The zero-order valence-electron chi connectivity index (χ0n) is 9.75. The van der Waals surface area contributed by atoms with E-state index in [0.717, 1.165) is 25.9 Å². The topological polar surface area (TPSA) is 46.3 Å². The van der Waals surface area contributed by atoms with Crippen LogP contribution in [0.3, 0.4) is 0 Å². The second kappa shape index (κ2) is 7.80. The number of amides is 1. The maximum atomic E-state index is 11.6. The summed E-state index contributed by atoms with van der Waals surface area (Å²) in [5.74, 6) is 0.236. The Labute approximate surface area is 87.6 Å². The summed E-state index contributed by atoms with van der Waals surface area (Å²) in [6.45, 7) is 8.23. The molecule has 0 aliphatic carbocycles. The monoisotopic (exact) mass is 200 g/mol. The van der Waals surface area contributed by atoms with Crippen molar-refractivity contribution in [1.29, 1.82) is 0 Å². The largest absolute Gasteiger partial charge is 0.342 e. The lowest BCUT2D eigenvalue weighted by atomic mass is 10.1. The normalized spacial score (nSPS) is 18.1. The van der Waals surface area contributed by atoms with E-state index in [1.165, 1.54) is 6.42 Å². The summed E-state index contributed by atoms with van der Waals surface area (Å²) in [5, 5.41) is 0. The number of carbonyl (C=O) groups excluding carboxylic acids is 1. The second-order valence-electron chi connectivity index (χ2n) is 3.52. The average molecular weight is 200 g/mol. The molecule has 0 saturated carbocycles. The number of nitrogens with two attached hydrogens (primary N) is 1. The summed E-state index contributed by atoms with van der Waals surface area (Å²) in [7, 11) is 0. The van der Waals surface area contributed by atoms with Crippen molar-refractivity contribution in [2.75, 3.05) is 19.6 Å². The van der Waals surface area contributed by atoms with Crippen LogP contribution >= 0.6 is 0 Å². The summed E-state index contributed by atoms with van der Waals surface area (Å²) in [6, 6.07) is 0. The van der Waals surface area contributed by atoms with Crippen LogP contribution in [-0.4, -0.2) is 30.4 Å². The maximum absolute atomic E-state index is 11.6. The van der Waals surface area contributed by atoms with Crippen molar-refractivity contribution in [2.45, 2.75) is 40.0 Å². The third-order valence-electron chi connectivity index (χ3n) is 2.44. The van der Waals surface area contributed by atoms with Crippen molar-refractivity contribution in [3.8, 4) is 0 Å². The molecule has 0 bridgehead atoms. The summed E-state index contributed by atoms with van der Waals surface area (Å²) in [5.41, 5.74) is 5.43. The highest BCUT2D eigenvalue weighted by atomic mass is 16.2. The van der Waals surface area contributed by atoms with Crippen LogP contribution in [0.1, 0.15) is 40.0 Å². The number of hydrogen-bond donors (Lipinski definition) is 1. The molecule has 1 aliphatic rings. The van der Waals surface area contributed by atoms with E-state index in [2.05, 4.69) is 0 Å². The van der Waals surface area contributed by atoms with Gasteiger partial charge in [-0.25, -0.2) is 0 Å². The molecule has 1 atom stereocenters. The summed E-state index contributed by atoms with van der Waals surface area (Å²) >= 11 is 0. The first-order valence-corrected chi connectivity index (χ1v) is 5.74. The Morgan fingerprint density at radius 2 is 1.79 bits per heavy atom. The fourth-order valence-electron chi connectivity index (χ4n) is 1.53. The summed E-state index contributed by atoms with van der Waals surface area (Å²) < 4.78 is 0. The molecule has 0 aromatic heterocycles. The number of likely N-dealkylation sites (tertiary alicyclic amines) is 1. The maximum Gasteiger partial charge on any atom is 0.226 e. The highest BCUT2D eigenvalue weighted by molar-refractivity contribution is 5.78. The molecule has 0 aromatic rings. The first-order valence-electron chi connectivity index (χ1n) is 5.74. The Morgan fingerprint density at radius 1 is 1.29 bits per heavy atom. The lowest BCUT2D eigenvalue weighted by Gasteiger charge is -2.28. The number of piperidine rings is 1.